The number of carbonyl (C=O) groups excluding carboxylic acids is 3. The Hall–Kier alpha value is -2.76. The third kappa shape index (κ3) is 13.6. The lowest BCUT2D eigenvalue weighted by molar-refractivity contribution is -0.00864. The van der Waals surface area contributed by atoms with E-state index in [4.69, 9.17) is 25.8 Å². The molecule has 0 unspecified atom stereocenters. The van der Waals surface area contributed by atoms with E-state index < -0.39 is 17.8 Å². The van der Waals surface area contributed by atoms with E-state index in [2.05, 4.69) is 15.4 Å². The summed E-state index contributed by atoms with van der Waals surface area (Å²) in [6.45, 7) is 8.20. The molecule has 0 bridgehead atoms. The van der Waals surface area contributed by atoms with E-state index in [0.29, 0.717) is 37.8 Å². The number of piperidine rings is 1. The molecule has 1 fully saturated rings. The van der Waals surface area contributed by atoms with E-state index in [1.54, 1.807) is 19.1 Å². The molecule has 12 heteroatoms. The molecule has 0 saturated carbocycles. The monoisotopic (exact) mass is 626 g/mol. The Labute approximate surface area is 261 Å². The maximum absolute atomic E-state index is 13.4. The fraction of sp³-hybridized carbons (Fsp3) is 0.710. The predicted octanol–water partition coefficient (Wildman–Crippen LogP) is 5.62. The second-order valence-electron chi connectivity index (χ2n) is 11.9. The number of likely N-dealkylation sites (N-methyl/N-ethyl adjacent to an activating group) is 1. The number of alkyl carbamates (subject to hydrolysis) is 1. The van der Waals surface area contributed by atoms with Gasteiger partial charge >= 0.3 is 18.2 Å². The third-order valence-electron chi connectivity index (χ3n) is 7.31. The summed E-state index contributed by atoms with van der Waals surface area (Å²) in [4.78, 5) is 41.1. The van der Waals surface area contributed by atoms with Crippen molar-refractivity contribution in [3.63, 3.8) is 0 Å². The number of nitrogens with zero attached hydrogens (tertiary/aromatic N) is 2. The highest BCUT2D eigenvalue weighted by Gasteiger charge is 2.32. The van der Waals surface area contributed by atoms with E-state index >= 15 is 0 Å². The highest BCUT2D eigenvalue weighted by atomic mass is 35.5. The number of halogens is 1. The van der Waals surface area contributed by atoms with Gasteiger partial charge in [0.05, 0.1) is 25.9 Å². The number of ether oxygens (including phenoxy) is 4. The maximum atomic E-state index is 13.4. The van der Waals surface area contributed by atoms with Crippen LogP contribution in [0.5, 0.6) is 0 Å². The number of amides is 4. The van der Waals surface area contributed by atoms with Crippen molar-refractivity contribution in [1.29, 1.82) is 0 Å². The third-order valence-corrected chi connectivity index (χ3v) is 7.54. The number of unbranched alkanes of at least 4 members (excludes halogenated alkanes) is 2. The van der Waals surface area contributed by atoms with Gasteiger partial charge in [-0.2, -0.15) is 0 Å². The number of rotatable bonds is 15. The second kappa shape index (κ2) is 18.8. The Bertz CT molecular complexity index is 1010. The quantitative estimate of drug-likeness (QED) is 0.243. The van der Waals surface area contributed by atoms with Gasteiger partial charge in [-0.25, -0.2) is 14.4 Å². The normalized spacial score (nSPS) is 16.6. The largest absolute Gasteiger partial charge is 0.453 e. The van der Waals surface area contributed by atoms with Crippen molar-refractivity contribution < 1.29 is 33.3 Å². The fourth-order valence-electron chi connectivity index (χ4n) is 5.08. The summed E-state index contributed by atoms with van der Waals surface area (Å²) in [6.07, 6.45) is 3.98. The van der Waals surface area contributed by atoms with Crippen LogP contribution in [0.4, 0.5) is 14.4 Å². The zero-order valence-electron chi connectivity index (χ0n) is 26.7. The van der Waals surface area contributed by atoms with Gasteiger partial charge in [0.15, 0.2) is 0 Å². The molecule has 43 heavy (non-hydrogen) atoms. The Kier molecular flexibility index (Phi) is 15.9. The standard InChI is InChI=1S/C31H51ClN4O7/c1-31(2,3)43-30(39)35(4)26(15-8-7-9-18-40-5)21-34-28(37)36-17-11-13-24(22-36)27(23-12-10-14-25(32)20-23)42-19-16-33-29(38)41-6/h10,12,14,20,24,26-27H,7-9,11,13,15-19,21-22H2,1-6H3,(H,33,38)(H,34,37)/t24-,26+,27+/m1/s1. The van der Waals surface area contributed by atoms with Crippen LogP contribution in [-0.4, -0.2) is 100 Å². The first-order chi connectivity index (χ1) is 20.4. The van der Waals surface area contributed by atoms with E-state index in [1.165, 1.54) is 7.11 Å². The van der Waals surface area contributed by atoms with Crippen molar-refractivity contribution >= 4 is 29.8 Å². The molecule has 2 rings (SSSR count). The average Bonchev–Trinajstić information content (AvgIpc) is 2.97. The minimum absolute atomic E-state index is 0.0251. The van der Waals surface area contributed by atoms with Gasteiger partial charge in [-0.1, -0.05) is 36.6 Å². The first-order valence-corrected chi connectivity index (χ1v) is 15.5. The van der Waals surface area contributed by atoms with Gasteiger partial charge in [-0.05, 0) is 64.2 Å². The van der Waals surface area contributed by atoms with Crippen molar-refractivity contribution in [2.75, 3.05) is 60.7 Å². The summed E-state index contributed by atoms with van der Waals surface area (Å²) in [7, 11) is 4.72. The van der Waals surface area contributed by atoms with Crippen LogP contribution in [-0.2, 0) is 18.9 Å². The van der Waals surface area contributed by atoms with Crippen molar-refractivity contribution in [2.24, 2.45) is 5.92 Å². The molecule has 1 aliphatic rings. The Morgan fingerprint density at radius 1 is 1.12 bits per heavy atom. The van der Waals surface area contributed by atoms with E-state index in [0.717, 1.165) is 44.1 Å². The Morgan fingerprint density at radius 3 is 2.56 bits per heavy atom. The van der Waals surface area contributed by atoms with Crippen molar-refractivity contribution in [2.45, 2.75) is 77.0 Å². The highest BCUT2D eigenvalue weighted by Crippen LogP contribution is 2.34. The zero-order chi connectivity index (χ0) is 31.8. The molecule has 3 atom stereocenters. The van der Waals surface area contributed by atoms with Gasteiger partial charge in [0.25, 0.3) is 0 Å². The van der Waals surface area contributed by atoms with E-state index in [-0.39, 0.29) is 30.7 Å². The van der Waals surface area contributed by atoms with Gasteiger partial charge in [0.1, 0.15) is 5.60 Å². The molecular weight excluding hydrogens is 576 g/mol. The smallest absolute Gasteiger partial charge is 0.410 e. The Morgan fingerprint density at radius 2 is 1.88 bits per heavy atom. The summed E-state index contributed by atoms with van der Waals surface area (Å²) in [5.74, 6) is 0.0251. The number of hydrogen-bond donors (Lipinski definition) is 2. The first-order valence-electron chi connectivity index (χ1n) is 15.1. The van der Waals surface area contributed by atoms with Gasteiger partial charge < -0.3 is 39.4 Å². The number of hydrogen-bond acceptors (Lipinski definition) is 7. The number of likely N-dealkylation sites (tertiary alicyclic amines) is 1. The summed E-state index contributed by atoms with van der Waals surface area (Å²) in [6, 6.07) is 7.14. The number of nitrogens with one attached hydrogen (secondary N) is 2. The average molecular weight is 627 g/mol. The molecule has 11 nitrogen and oxygen atoms in total. The Balaban J connectivity index is 2.06. The van der Waals surface area contributed by atoms with Crippen LogP contribution in [0.3, 0.4) is 0 Å². The first kappa shape index (κ1) is 36.4. The molecule has 244 valence electrons. The molecular formula is C31H51ClN4O7. The molecule has 1 saturated heterocycles. The minimum atomic E-state index is -0.614. The maximum Gasteiger partial charge on any atom is 0.410 e. The van der Waals surface area contributed by atoms with Crippen LogP contribution in [0.1, 0.15) is 71.0 Å². The molecule has 0 aromatic heterocycles. The number of urea groups is 1. The molecule has 0 radical (unpaired) electrons. The van der Waals surface area contributed by atoms with Crippen molar-refractivity contribution in [3.8, 4) is 0 Å². The minimum Gasteiger partial charge on any atom is -0.453 e. The van der Waals surface area contributed by atoms with Crippen LogP contribution in [0, 0.1) is 5.92 Å². The lowest BCUT2D eigenvalue weighted by Gasteiger charge is -2.37. The molecule has 0 spiro atoms. The molecule has 1 aromatic carbocycles. The van der Waals surface area contributed by atoms with E-state index in [9.17, 15) is 14.4 Å². The van der Waals surface area contributed by atoms with Crippen LogP contribution in [0.25, 0.3) is 0 Å². The number of carbonyl (C=O) groups is 3. The lowest BCUT2D eigenvalue weighted by atomic mass is 9.88. The summed E-state index contributed by atoms with van der Waals surface area (Å²) >= 11 is 6.30. The van der Waals surface area contributed by atoms with Crippen LogP contribution >= 0.6 is 11.6 Å². The summed E-state index contributed by atoms with van der Waals surface area (Å²) < 4.78 is 21.6. The van der Waals surface area contributed by atoms with Gasteiger partial charge in [-0.15, -0.1) is 0 Å². The topological polar surface area (TPSA) is 119 Å². The zero-order valence-corrected chi connectivity index (χ0v) is 27.4. The molecule has 4 amide bonds. The van der Waals surface area contributed by atoms with Crippen LogP contribution < -0.4 is 10.6 Å². The lowest BCUT2D eigenvalue weighted by Crippen LogP contribution is -2.51. The fourth-order valence-corrected chi connectivity index (χ4v) is 5.28. The number of methoxy groups -OCH3 is 2. The van der Waals surface area contributed by atoms with Gasteiger partial charge in [0, 0.05) is 57.9 Å². The molecule has 2 N–H and O–H groups in total. The molecule has 1 heterocycles. The summed E-state index contributed by atoms with van der Waals surface area (Å²) in [5, 5.41) is 6.31. The van der Waals surface area contributed by atoms with Gasteiger partial charge in [-0.3, -0.25) is 0 Å². The second-order valence-corrected chi connectivity index (χ2v) is 12.3. The summed E-state index contributed by atoms with van der Waals surface area (Å²) in [5.41, 5.74) is 0.308. The molecule has 1 aromatic rings. The van der Waals surface area contributed by atoms with Crippen molar-refractivity contribution in [1.82, 2.24) is 20.4 Å². The molecule has 0 aliphatic carbocycles. The molecule has 1 aliphatic heterocycles. The van der Waals surface area contributed by atoms with Crippen LogP contribution in [0.2, 0.25) is 5.02 Å². The van der Waals surface area contributed by atoms with Crippen molar-refractivity contribution in [3.05, 3.63) is 34.9 Å². The predicted molar refractivity (Wildman–Crippen MR) is 166 cm³/mol. The van der Waals surface area contributed by atoms with Gasteiger partial charge in [0.2, 0.25) is 0 Å². The SMILES string of the molecule is COCCCCC[C@@H](CNC(=O)N1CCC[C@@H]([C@@H](OCCNC(=O)OC)c2cccc(Cl)c2)C1)N(C)C(=O)OC(C)(C)C. The highest BCUT2D eigenvalue weighted by molar-refractivity contribution is 6.30. The van der Waals surface area contributed by atoms with Crippen LogP contribution in [0.15, 0.2) is 24.3 Å². The number of benzene rings is 1. The van der Waals surface area contributed by atoms with E-state index in [1.807, 2.05) is 49.9 Å².